The number of rotatable bonds is 9. The number of hydrogen-bond acceptors (Lipinski definition) is 4. The third-order valence-corrected chi connectivity index (χ3v) is 4.56. The minimum atomic E-state index is -0.0969. The molecule has 146 valence electrons. The Morgan fingerprint density at radius 1 is 1.35 bits per heavy atom. The number of nitrogens with one attached hydrogen (secondary N) is 2. The molecule has 1 fully saturated rings. The molecule has 26 heavy (non-hydrogen) atoms. The first-order valence-corrected chi connectivity index (χ1v) is 9.40. The number of carbonyl (C=O) groups excluding carboxylic acids is 2. The molecule has 2 rings (SSSR count). The van der Waals surface area contributed by atoms with Crippen LogP contribution in [0.3, 0.4) is 0 Å². The lowest BCUT2D eigenvalue weighted by atomic mass is 10.1. The predicted octanol–water partition coefficient (Wildman–Crippen LogP) is 0.168. The highest BCUT2D eigenvalue weighted by atomic mass is 16.5. The van der Waals surface area contributed by atoms with E-state index >= 15 is 0 Å². The van der Waals surface area contributed by atoms with Crippen molar-refractivity contribution >= 4 is 11.8 Å². The molecule has 1 aliphatic rings. The lowest BCUT2D eigenvalue weighted by Crippen LogP contribution is -3.06. The van der Waals surface area contributed by atoms with Crippen molar-refractivity contribution in [3.05, 3.63) is 23.2 Å². The standard InChI is InChI=1S/C19H31N3O4/c1-14-12-17(15(2)26-14)19(24)22(13-16-6-5-11-25-16)9-7-18(23)20-8-10-21(3)4/h12,16H,5-11,13H2,1-4H3,(H,20,23)/p+1/t16-/m1/s1. The second-order valence-corrected chi connectivity index (χ2v) is 7.27. The van der Waals surface area contributed by atoms with Gasteiger partial charge in [-0.05, 0) is 32.8 Å². The molecular weight excluding hydrogens is 334 g/mol. The number of furan rings is 1. The van der Waals surface area contributed by atoms with Crippen molar-refractivity contribution in [1.82, 2.24) is 10.2 Å². The lowest BCUT2D eigenvalue weighted by Gasteiger charge is -2.25. The number of amides is 2. The van der Waals surface area contributed by atoms with Gasteiger partial charge in [-0.15, -0.1) is 0 Å². The van der Waals surface area contributed by atoms with Gasteiger partial charge in [0.1, 0.15) is 11.5 Å². The fraction of sp³-hybridized carbons (Fsp3) is 0.684. The van der Waals surface area contributed by atoms with Gasteiger partial charge in [0.05, 0.1) is 38.9 Å². The normalized spacial score (nSPS) is 16.9. The van der Waals surface area contributed by atoms with Crippen LogP contribution in [0.25, 0.3) is 0 Å². The molecule has 7 nitrogen and oxygen atoms in total. The molecule has 1 aliphatic heterocycles. The van der Waals surface area contributed by atoms with Gasteiger partial charge in [-0.25, -0.2) is 0 Å². The first-order chi connectivity index (χ1) is 12.4. The smallest absolute Gasteiger partial charge is 0.257 e. The molecular formula is C19H32N3O4+. The largest absolute Gasteiger partial charge is 0.466 e. The summed E-state index contributed by atoms with van der Waals surface area (Å²) in [4.78, 5) is 28.1. The van der Waals surface area contributed by atoms with Gasteiger partial charge < -0.3 is 24.3 Å². The number of aryl methyl sites for hydroxylation is 2. The van der Waals surface area contributed by atoms with Crippen LogP contribution in [0.4, 0.5) is 0 Å². The number of nitrogens with zero attached hydrogens (tertiary/aromatic N) is 1. The predicted molar refractivity (Wildman–Crippen MR) is 98.4 cm³/mol. The highest BCUT2D eigenvalue weighted by molar-refractivity contribution is 5.95. The van der Waals surface area contributed by atoms with E-state index < -0.39 is 0 Å². The second-order valence-electron chi connectivity index (χ2n) is 7.27. The first-order valence-electron chi connectivity index (χ1n) is 9.40. The van der Waals surface area contributed by atoms with E-state index in [9.17, 15) is 9.59 Å². The Morgan fingerprint density at radius 3 is 2.69 bits per heavy atom. The number of carbonyl (C=O) groups is 2. The summed E-state index contributed by atoms with van der Waals surface area (Å²) in [5, 5.41) is 2.91. The van der Waals surface area contributed by atoms with Crippen LogP contribution in [0.2, 0.25) is 0 Å². The van der Waals surface area contributed by atoms with Crippen molar-refractivity contribution in [2.45, 2.75) is 39.2 Å². The Kier molecular flexibility index (Phi) is 7.66. The number of likely N-dealkylation sites (N-methyl/N-ethyl adjacent to an activating group) is 1. The Morgan fingerprint density at radius 2 is 2.12 bits per heavy atom. The van der Waals surface area contributed by atoms with Gasteiger partial charge in [-0.3, -0.25) is 9.59 Å². The Bertz CT molecular complexity index is 606. The van der Waals surface area contributed by atoms with Crippen LogP contribution in [0.15, 0.2) is 10.5 Å². The van der Waals surface area contributed by atoms with Gasteiger partial charge >= 0.3 is 0 Å². The maximum Gasteiger partial charge on any atom is 0.257 e. The molecule has 0 unspecified atom stereocenters. The van der Waals surface area contributed by atoms with Gasteiger partial charge in [0.15, 0.2) is 0 Å². The number of ether oxygens (including phenoxy) is 1. The second kappa shape index (κ2) is 9.73. The van der Waals surface area contributed by atoms with Crippen molar-refractivity contribution in [3.8, 4) is 0 Å². The van der Waals surface area contributed by atoms with E-state index in [1.165, 1.54) is 4.90 Å². The highest BCUT2D eigenvalue weighted by Crippen LogP contribution is 2.19. The van der Waals surface area contributed by atoms with Gasteiger partial charge in [0.2, 0.25) is 5.91 Å². The summed E-state index contributed by atoms with van der Waals surface area (Å²) in [5.41, 5.74) is 0.567. The summed E-state index contributed by atoms with van der Waals surface area (Å²) >= 11 is 0. The van der Waals surface area contributed by atoms with E-state index in [-0.39, 0.29) is 24.3 Å². The molecule has 0 aliphatic carbocycles. The van der Waals surface area contributed by atoms with E-state index in [1.807, 2.05) is 21.0 Å². The first kappa shape index (κ1) is 20.5. The maximum atomic E-state index is 13.0. The molecule has 0 bridgehead atoms. The summed E-state index contributed by atoms with van der Waals surface area (Å²) in [6.45, 7) is 6.76. The number of quaternary nitrogens is 1. The van der Waals surface area contributed by atoms with E-state index in [1.54, 1.807) is 17.9 Å². The van der Waals surface area contributed by atoms with Gasteiger partial charge in [-0.1, -0.05) is 0 Å². The summed E-state index contributed by atoms with van der Waals surface area (Å²) in [6.07, 6.45) is 2.30. The quantitative estimate of drug-likeness (QED) is 0.653. The molecule has 2 amide bonds. The average Bonchev–Trinajstić information content (AvgIpc) is 3.19. The summed E-state index contributed by atoms with van der Waals surface area (Å²) in [6, 6.07) is 1.76. The lowest BCUT2D eigenvalue weighted by molar-refractivity contribution is -0.856. The molecule has 1 aromatic rings. The van der Waals surface area contributed by atoms with Crippen molar-refractivity contribution in [3.63, 3.8) is 0 Å². The van der Waals surface area contributed by atoms with Crippen LogP contribution in [0.1, 0.15) is 41.1 Å². The topological polar surface area (TPSA) is 76.2 Å². The van der Waals surface area contributed by atoms with Crippen molar-refractivity contribution < 1.29 is 23.6 Å². The molecule has 0 saturated carbocycles. The van der Waals surface area contributed by atoms with E-state index in [2.05, 4.69) is 5.32 Å². The van der Waals surface area contributed by atoms with Crippen LogP contribution < -0.4 is 10.2 Å². The van der Waals surface area contributed by atoms with Crippen LogP contribution in [0.5, 0.6) is 0 Å². The molecule has 0 aromatic carbocycles. The Balaban J connectivity index is 1.95. The number of hydrogen-bond donors (Lipinski definition) is 2. The molecule has 0 spiro atoms. The third-order valence-electron chi connectivity index (χ3n) is 4.56. The zero-order valence-corrected chi connectivity index (χ0v) is 16.4. The monoisotopic (exact) mass is 366 g/mol. The molecule has 1 aromatic heterocycles. The fourth-order valence-electron chi connectivity index (χ4n) is 3.10. The van der Waals surface area contributed by atoms with Crippen LogP contribution in [-0.4, -0.2) is 69.7 Å². The molecule has 2 N–H and O–H groups in total. The van der Waals surface area contributed by atoms with Crippen LogP contribution >= 0.6 is 0 Å². The highest BCUT2D eigenvalue weighted by Gasteiger charge is 2.26. The van der Waals surface area contributed by atoms with E-state index in [0.29, 0.717) is 36.7 Å². The molecule has 0 radical (unpaired) electrons. The van der Waals surface area contributed by atoms with Crippen LogP contribution in [0, 0.1) is 13.8 Å². The minimum absolute atomic E-state index is 0.0310. The van der Waals surface area contributed by atoms with Crippen molar-refractivity contribution in [2.24, 2.45) is 0 Å². The minimum Gasteiger partial charge on any atom is -0.466 e. The Labute approximate surface area is 155 Å². The van der Waals surface area contributed by atoms with Crippen molar-refractivity contribution in [2.75, 3.05) is 46.9 Å². The SMILES string of the molecule is Cc1cc(C(=O)N(CCC(=O)NCC[NH+](C)C)C[C@H]2CCCO2)c(C)o1. The average molecular weight is 366 g/mol. The summed E-state index contributed by atoms with van der Waals surface area (Å²) in [5.74, 6) is 1.20. The van der Waals surface area contributed by atoms with Gasteiger partial charge in [0, 0.05) is 26.1 Å². The third kappa shape index (κ3) is 6.14. The van der Waals surface area contributed by atoms with Crippen LogP contribution in [-0.2, 0) is 9.53 Å². The van der Waals surface area contributed by atoms with E-state index in [4.69, 9.17) is 9.15 Å². The van der Waals surface area contributed by atoms with Gasteiger partial charge in [-0.2, -0.15) is 0 Å². The molecule has 2 heterocycles. The van der Waals surface area contributed by atoms with Gasteiger partial charge in [0.25, 0.3) is 5.91 Å². The fourth-order valence-corrected chi connectivity index (χ4v) is 3.10. The Hall–Kier alpha value is -1.86. The zero-order chi connectivity index (χ0) is 19.1. The zero-order valence-electron chi connectivity index (χ0n) is 16.4. The molecule has 1 atom stereocenters. The summed E-state index contributed by atoms with van der Waals surface area (Å²) < 4.78 is 11.2. The summed E-state index contributed by atoms with van der Waals surface area (Å²) in [7, 11) is 4.09. The van der Waals surface area contributed by atoms with Crippen molar-refractivity contribution in [1.29, 1.82) is 0 Å². The van der Waals surface area contributed by atoms with E-state index in [0.717, 1.165) is 26.0 Å². The molecule has 7 heteroatoms. The molecule has 1 saturated heterocycles. The maximum absolute atomic E-state index is 13.0.